The Balaban J connectivity index is 3.31. The molecule has 2 N–H and O–H groups in total. The van der Waals surface area contributed by atoms with E-state index in [1.807, 2.05) is 6.92 Å². The Morgan fingerprint density at radius 3 is 2.67 bits per heavy atom. The van der Waals surface area contributed by atoms with Crippen molar-refractivity contribution >= 4 is 0 Å². The zero-order valence-electron chi connectivity index (χ0n) is 8.08. The van der Waals surface area contributed by atoms with Crippen LogP contribution in [0.2, 0.25) is 0 Å². The summed E-state index contributed by atoms with van der Waals surface area (Å²) >= 11 is 0. The Morgan fingerprint density at radius 1 is 1.50 bits per heavy atom. The fourth-order valence-electron chi connectivity index (χ4n) is 0.952. The zero-order chi connectivity index (χ0) is 9.40. The normalized spacial score (nSPS) is 12.9. The van der Waals surface area contributed by atoms with Crippen molar-refractivity contribution < 1.29 is 0 Å². The van der Waals surface area contributed by atoms with Gasteiger partial charge in [-0.25, -0.2) is 0 Å². The third-order valence-electron chi connectivity index (χ3n) is 1.91. The van der Waals surface area contributed by atoms with Gasteiger partial charge in [0.05, 0.1) is 6.07 Å². The second kappa shape index (κ2) is 7.08. The van der Waals surface area contributed by atoms with Gasteiger partial charge in [0, 0.05) is 5.92 Å². The van der Waals surface area contributed by atoms with Crippen molar-refractivity contribution in [2.45, 2.75) is 19.8 Å². The number of nitrogens with zero attached hydrogens (tertiary/aromatic N) is 2. The molecule has 0 aromatic heterocycles. The van der Waals surface area contributed by atoms with E-state index >= 15 is 0 Å². The molecule has 12 heavy (non-hydrogen) atoms. The molecule has 0 bridgehead atoms. The highest BCUT2D eigenvalue weighted by atomic mass is 15.1. The average Bonchev–Trinajstić information content (AvgIpc) is 2.10. The molecular formula is C9H19N3. The van der Waals surface area contributed by atoms with Gasteiger partial charge in [-0.05, 0) is 46.4 Å². The highest BCUT2D eigenvalue weighted by Gasteiger charge is 2.01. The van der Waals surface area contributed by atoms with Gasteiger partial charge >= 0.3 is 0 Å². The van der Waals surface area contributed by atoms with E-state index in [9.17, 15) is 0 Å². The minimum Gasteiger partial charge on any atom is -0.330 e. The van der Waals surface area contributed by atoms with E-state index in [0.717, 1.165) is 32.5 Å². The van der Waals surface area contributed by atoms with Gasteiger partial charge < -0.3 is 10.6 Å². The van der Waals surface area contributed by atoms with Crippen LogP contribution in [0, 0.1) is 17.2 Å². The van der Waals surface area contributed by atoms with E-state index in [-0.39, 0.29) is 5.92 Å². The molecule has 0 aliphatic heterocycles. The molecule has 1 atom stereocenters. The Labute approximate surface area is 75.2 Å². The van der Waals surface area contributed by atoms with Gasteiger partial charge in [0.1, 0.15) is 0 Å². The van der Waals surface area contributed by atoms with Crippen LogP contribution in [0.25, 0.3) is 0 Å². The van der Waals surface area contributed by atoms with Gasteiger partial charge in [-0.15, -0.1) is 0 Å². The maximum atomic E-state index is 8.54. The predicted molar refractivity (Wildman–Crippen MR) is 50.6 cm³/mol. The quantitative estimate of drug-likeness (QED) is 0.640. The maximum absolute atomic E-state index is 8.54. The summed E-state index contributed by atoms with van der Waals surface area (Å²) in [6, 6.07) is 2.23. The molecular weight excluding hydrogens is 150 g/mol. The van der Waals surface area contributed by atoms with Crippen molar-refractivity contribution in [3.63, 3.8) is 0 Å². The molecule has 0 fully saturated rings. The highest BCUT2D eigenvalue weighted by Crippen LogP contribution is 2.00. The first kappa shape index (κ1) is 11.4. The fourth-order valence-corrected chi connectivity index (χ4v) is 0.952. The third-order valence-corrected chi connectivity index (χ3v) is 1.91. The van der Waals surface area contributed by atoms with Gasteiger partial charge in [-0.1, -0.05) is 0 Å². The number of rotatable bonds is 6. The van der Waals surface area contributed by atoms with E-state index in [1.54, 1.807) is 0 Å². The number of nitrogens with two attached hydrogens (primary N) is 1. The van der Waals surface area contributed by atoms with Crippen LogP contribution in [0.4, 0.5) is 0 Å². The van der Waals surface area contributed by atoms with Crippen molar-refractivity contribution in [2.24, 2.45) is 11.7 Å². The summed E-state index contributed by atoms with van der Waals surface area (Å²) in [5, 5.41) is 8.54. The van der Waals surface area contributed by atoms with Crippen molar-refractivity contribution in [3.8, 4) is 6.07 Å². The van der Waals surface area contributed by atoms with E-state index in [4.69, 9.17) is 11.0 Å². The second-order valence-corrected chi connectivity index (χ2v) is 3.26. The van der Waals surface area contributed by atoms with Crippen LogP contribution < -0.4 is 5.73 Å². The van der Waals surface area contributed by atoms with Crippen molar-refractivity contribution in [1.82, 2.24) is 4.90 Å². The minimum absolute atomic E-state index is 0.172. The van der Waals surface area contributed by atoms with Gasteiger partial charge in [0.15, 0.2) is 0 Å². The molecule has 1 unspecified atom stereocenters. The lowest BCUT2D eigenvalue weighted by Gasteiger charge is -2.16. The van der Waals surface area contributed by atoms with E-state index in [0.29, 0.717) is 0 Å². The van der Waals surface area contributed by atoms with Crippen molar-refractivity contribution in [3.05, 3.63) is 0 Å². The van der Waals surface area contributed by atoms with Crippen molar-refractivity contribution in [1.29, 1.82) is 5.26 Å². The molecule has 0 aliphatic rings. The van der Waals surface area contributed by atoms with Crippen LogP contribution in [0.15, 0.2) is 0 Å². The van der Waals surface area contributed by atoms with Crippen molar-refractivity contribution in [2.75, 3.05) is 26.7 Å². The smallest absolute Gasteiger partial charge is 0.0653 e. The molecule has 0 aromatic rings. The van der Waals surface area contributed by atoms with Crippen LogP contribution in [0.3, 0.4) is 0 Å². The summed E-state index contributed by atoms with van der Waals surface area (Å²) in [5.41, 5.74) is 5.38. The van der Waals surface area contributed by atoms with Crippen LogP contribution >= 0.6 is 0 Å². The first-order valence-corrected chi connectivity index (χ1v) is 4.49. The monoisotopic (exact) mass is 169 g/mol. The standard InChI is InChI=1S/C9H19N3/c1-9(8-11)4-7-12(2)6-3-5-10/h9H,3-7,10H2,1-2H3. The Kier molecular flexibility index (Phi) is 6.73. The SMILES string of the molecule is CC(C#N)CCN(C)CCCN. The first-order valence-electron chi connectivity index (χ1n) is 4.49. The Hall–Kier alpha value is -0.590. The summed E-state index contributed by atoms with van der Waals surface area (Å²) in [6.07, 6.45) is 2.00. The molecule has 0 saturated carbocycles. The molecule has 3 heteroatoms. The summed E-state index contributed by atoms with van der Waals surface area (Å²) in [4.78, 5) is 2.22. The Morgan fingerprint density at radius 2 is 2.17 bits per heavy atom. The van der Waals surface area contributed by atoms with E-state index in [1.165, 1.54) is 0 Å². The number of hydrogen-bond donors (Lipinski definition) is 1. The molecule has 3 nitrogen and oxygen atoms in total. The summed E-state index contributed by atoms with van der Waals surface area (Å²) in [5.74, 6) is 0.172. The zero-order valence-corrected chi connectivity index (χ0v) is 8.08. The number of nitriles is 1. The van der Waals surface area contributed by atoms with E-state index in [2.05, 4.69) is 18.0 Å². The Bertz CT molecular complexity index is 139. The van der Waals surface area contributed by atoms with Gasteiger partial charge in [0.2, 0.25) is 0 Å². The maximum Gasteiger partial charge on any atom is 0.0653 e. The molecule has 0 spiro atoms. The summed E-state index contributed by atoms with van der Waals surface area (Å²) in [6.45, 7) is 4.73. The summed E-state index contributed by atoms with van der Waals surface area (Å²) < 4.78 is 0. The number of hydrogen-bond acceptors (Lipinski definition) is 3. The molecule has 0 amide bonds. The molecule has 0 rings (SSSR count). The van der Waals surface area contributed by atoms with Crippen LogP contribution in [0.5, 0.6) is 0 Å². The molecule has 0 heterocycles. The average molecular weight is 169 g/mol. The molecule has 0 saturated heterocycles. The topological polar surface area (TPSA) is 53.0 Å². The summed E-state index contributed by atoms with van der Waals surface area (Å²) in [7, 11) is 2.07. The van der Waals surface area contributed by atoms with Gasteiger partial charge in [-0.2, -0.15) is 5.26 Å². The van der Waals surface area contributed by atoms with E-state index < -0.39 is 0 Å². The lowest BCUT2D eigenvalue weighted by atomic mass is 10.1. The minimum atomic E-state index is 0.172. The molecule has 70 valence electrons. The first-order chi connectivity index (χ1) is 5.70. The highest BCUT2D eigenvalue weighted by molar-refractivity contribution is 4.78. The lowest BCUT2D eigenvalue weighted by Crippen LogP contribution is -2.23. The van der Waals surface area contributed by atoms with Crippen LogP contribution in [-0.4, -0.2) is 31.6 Å². The predicted octanol–water partition coefficient (Wildman–Crippen LogP) is 0.817. The van der Waals surface area contributed by atoms with Gasteiger partial charge in [-0.3, -0.25) is 0 Å². The molecule has 0 aliphatic carbocycles. The van der Waals surface area contributed by atoms with Crippen LogP contribution in [-0.2, 0) is 0 Å². The lowest BCUT2D eigenvalue weighted by molar-refractivity contribution is 0.315. The largest absolute Gasteiger partial charge is 0.330 e. The molecule has 0 radical (unpaired) electrons. The second-order valence-electron chi connectivity index (χ2n) is 3.26. The fraction of sp³-hybridized carbons (Fsp3) is 0.889. The molecule has 0 aromatic carbocycles. The third kappa shape index (κ3) is 6.14. The van der Waals surface area contributed by atoms with Crippen LogP contribution in [0.1, 0.15) is 19.8 Å². The van der Waals surface area contributed by atoms with Gasteiger partial charge in [0.25, 0.3) is 0 Å².